The van der Waals surface area contributed by atoms with E-state index in [4.69, 9.17) is 5.11 Å². The van der Waals surface area contributed by atoms with Crippen molar-refractivity contribution in [1.29, 1.82) is 0 Å². The highest BCUT2D eigenvalue weighted by atomic mass is 16.4. The third kappa shape index (κ3) is 3.41. The van der Waals surface area contributed by atoms with Crippen LogP contribution in [0.4, 0.5) is 5.69 Å². The monoisotopic (exact) mass is 289 g/mol. The molecule has 2 N–H and O–H groups in total. The first-order valence-electron chi connectivity index (χ1n) is 6.36. The normalized spacial score (nSPS) is 13.4. The second-order valence-corrected chi connectivity index (χ2v) is 4.71. The highest BCUT2D eigenvalue weighted by molar-refractivity contribution is 5.94. The number of nitrogens with one attached hydrogen (secondary N) is 1. The number of hydrogen-bond acceptors (Lipinski definition) is 5. The number of rotatable bonds is 5. The Kier molecular flexibility index (Phi) is 4.27. The third-order valence-corrected chi connectivity index (χ3v) is 3.28. The Morgan fingerprint density at radius 3 is 2.67 bits per heavy atom. The molecule has 0 saturated heterocycles. The zero-order chi connectivity index (χ0) is 15.4. The Morgan fingerprint density at radius 2 is 2.05 bits per heavy atom. The molecule has 0 radical (unpaired) electrons. The van der Waals surface area contributed by atoms with Crippen LogP contribution in [0.15, 0.2) is 30.6 Å². The van der Waals surface area contributed by atoms with E-state index in [1.54, 1.807) is 31.2 Å². The number of carboxylic acid groups (broad SMARTS) is 1. The maximum atomic E-state index is 12.0. The Labute approximate surface area is 120 Å². The number of benzene rings is 1. The maximum Gasteiger partial charge on any atom is 0.307 e. The van der Waals surface area contributed by atoms with Gasteiger partial charge in [0.15, 0.2) is 0 Å². The minimum absolute atomic E-state index is 0.348. The molecule has 8 heteroatoms. The fraction of sp³-hybridized carbons (Fsp3) is 0.308. The summed E-state index contributed by atoms with van der Waals surface area (Å²) in [7, 11) is 0. The minimum Gasteiger partial charge on any atom is -0.481 e. The van der Waals surface area contributed by atoms with Gasteiger partial charge in [-0.15, -0.1) is 5.10 Å². The van der Waals surface area contributed by atoms with E-state index in [9.17, 15) is 9.59 Å². The van der Waals surface area contributed by atoms with E-state index in [1.165, 1.54) is 17.9 Å². The first kappa shape index (κ1) is 14.6. The topological polar surface area (TPSA) is 110 Å². The van der Waals surface area contributed by atoms with Crippen LogP contribution in [0.2, 0.25) is 0 Å². The van der Waals surface area contributed by atoms with Crippen molar-refractivity contribution in [2.75, 3.05) is 5.32 Å². The van der Waals surface area contributed by atoms with Crippen LogP contribution in [0.25, 0.3) is 5.69 Å². The standard InChI is InChI=1S/C13H15N5O3/c1-8(9(2)13(20)21)12(19)15-10-4-3-5-11(6-10)18-7-14-16-17-18/h3-9H,1-2H3,(H,15,19)(H,20,21). The number of carboxylic acids is 1. The number of tetrazole rings is 1. The molecule has 2 rings (SSSR count). The molecule has 2 atom stereocenters. The predicted molar refractivity (Wildman–Crippen MR) is 73.7 cm³/mol. The van der Waals surface area contributed by atoms with Crippen molar-refractivity contribution in [3.63, 3.8) is 0 Å². The number of carbonyl (C=O) groups excluding carboxylic acids is 1. The van der Waals surface area contributed by atoms with E-state index in [2.05, 4.69) is 20.8 Å². The molecule has 8 nitrogen and oxygen atoms in total. The lowest BCUT2D eigenvalue weighted by Gasteiger charge is -2.16. The Hall–Kier alpha value is -2.77. The minimum atomic E-state index is -1.000. The number of amides is 1. The van der Waals surface area contributed by atoms with Crippen molar-refractivity contribution in [1.82, 2.24) is 20.2 Å². The fourth-order valence-electron chi connectivity index (χ4n) is 1.70. The van der Waals surface area contributed by atoms with E-state index in [-0.39, 0.29) is 5.91 Å². The number of aromatic nitrogens is 4. The summed E-state index contributed by atoms with van der Waals surface area (Å²) in [6, 6.07) is 6.95. The van der Waals surface area contributed by atoms with Crippen molar-refractivity contribution < 1.29 is 14.7 Å². The van der Waals surface area contributed by atoms with E-state index in [0.717, 1.165) is 0 Å². The van der Waals surface area contributed by atoms with Crippen LogP contribution >= 0.6 is 0 Å². The number of hydrogen-bond donors (Lipinski definition) is 2. The summed E-state index contributed by atoms with van der Waals surface area (Å²) in [6.07, 6.45) is 1.44. The quantitative estimate of drug-likeness (QED) is 0.848. The van der Waals surface area contributed by atoms with E-state index in [0.29, 0.717) is 11.4 Å². The highest BCUT2D eigenvalue weighted by Crippen LogP contribution is 2.17. The van der Waals surface area contributed by atoms with Gasteiger partial charge in [0.05, 0.1) is 11.6 Å². The Morgan fingerprint density at radius 1 is 1.29 bits per heavy atom. The molecule has 0 fully saturated rings. The van der Waals surface area contributed by atoms with Crippen molar-refractivity contribution in [2.24, 2.45) is 11.8 Å². The summed E-state index contributed by atoms with van der Waals surface area (Å²) in [5.74, 6) is -2.74. The molecule has 21 heavy (non-hydrogen) atoms. The number of aliphatic carboxylic acids is 1. The van der Waals surface area contributed by atoms with Gasteiger partial charge in [0, 0.05) is 11.6 Å². The highest BCUT2D eigenvalue weighted by Gasteiger charge is 2.25. The molecule has 2 unspecified atom stereocenters. The molecule has 0 aliphatic heterocycles. The fourth-order valence-corrected chi connectivity index (χ4v) is 1.70. The smallest absolute Gasteiger partial charge is 0.307 e. The summed E-state index contributed by atoms with van der Waals surface area (Å²) in [6.45, 7) is 3.09. The van der Waals surface area contributed by atoms with Crippen molar-refractivity contribution in [3.05, 3.63) is 30.6 Å². The molecule has 0 aliphatic carbocycles. The van der Waals surface area contributed by atoms with Crippen LogP contribution < -0.4 is 5.32 Å². The van der Waals surface area contributed by atoms with Crippen LogP contribution in [0.3, 0.4) is 0 Å². The zero-order valence-electron chi connectivity index (χ0n) is 11.6. The number of carbonyl (C=O) groups is 2. The van der Waals surface area contributed by atoms with Gasteiger partial charge in [-0.05, 0) is 28.6 Å². The van der Waals surface area contributed by atoms with E-state index in [1.807, 2.05) is 0 Å². The Balaban J connectivity index is 2.11. The van der Waals surface area contributed by atoms with Crippen molar-refractivity contribution in [3.8, 4) is 5.69 Å². The molecule has 110 valence electrons. The van der Waals surface area contributed by atoms with Gasteiger partial charge in [0.2, 0.25) is 5.91 Å². The van der Waals surface area contributed by atoms with Gasteiger partial charge >= 0.3 is 5.97 Å². The Bertz CT molecular complexity index is 641. The van der Waals surface area contributed by atoms with Crippen LogP contribution in [0.5, 0.6) is 0 Å². The van der Waals surface area contributed by atoms with Gasteiger partial charge in [-0.3, -0.25) is 9.59 Å². The first-order chi connectivity index (χ1) is 9.99. The van der Waals surface area contributed by atoms with E-state index < -0.39 is 17.8 Å². The third-order valence-electron chi connectivity index (χ3n) is 3.28. The second kappa shape index (κ2) is 6.12. The maximum absolute atomic E-state index is 12.0. The van der Waals surface area contributed by atoms with Gasteiger partial charge in [-0.25, -0.2) is 4.68 Å². The second-order valence-electron chi connectivity index (χ2n) is 4.71. The summed E-state index contributed by atoms with van der Waals surface area (Å²) in [5.41, 5.74) is 1.24. The largest absolute Gasteiger partial charge is 0.481 e. The predicted octanol–water partition coefficient (Wildman–Crippen LogP) is 0.958. The summed E-state index contributed by atoms with van der Waals surface area (Å²) >= 11 is 0. The van der Waals surface area contributed by atoms with Crippen LogP contribution in [-0.2, 0) is 9.59 Å². The molecule has 1 heterocycles. The van der Waals surface area contributed by atoms with Crippen LogP contribution in [0, 0.1) is 11.8 Å². The van der Waals surface area contributed by atoms with Gasteiger partial charge in [-0.2, -0.15) is 0 Å². The van der Waals surface area contributed by atoms with Gasteiger partial charge in [0.25, 0.3) is 0 Å². The summed E-state index contributed by atoms with van der Waals surface area (Å²) < 4.78 is 1.46. The molecule has 1 aromatic carbocycles. The first-order valence-corrected chi connectivity index (χ1v) is 6.36. The van der Waals surface area contributed by atoms with Gasteiger partial charge in [0.1, 0.15) is 6.33 Å². The molecule has 0 spiro atoms. The molecule has 1 aromatic heterocycles. The molecule has 0 saturated carbocycles. The van der Waals surface area contributed by atoms with Crippen LogP contribution in [-0.4, -0.2) is 37.2 Å². The van der Waals surface area contributed by atoms with Crippen molar-refractivity contribution >= 4 is 17.6 Å². The molecular weight excluding hydrogens is 274 g/mol. The lowest BCUT2D eigenvalue weighted by atomic mass is 9.95. The molecular formula is C13H15N5O3. The molecule has 0 bridgehead atoms. The van der Waals surface area contributed by atoms with E-state index >= 15 is 0 Å². The molecule has 1 amide bonds. The van der Waals surface area contributed by atoms with Gasteiger partial charge in [-0.1, -0.05) is 19.9 Å². The molecule has 2 aromatic rings. The molecule has 0 aliphatic rings. The van der Waals surface area contributed by atoms with Crippen LogP contribution in [0.1, 0.15) is 13.8 Å². The van der Waals surface area contributed by atoms with Crippen molar-refractivity contribution in [2.45, 2.75) is 13.8 Å². The average molecular weight is 289 g/mol. The number of nitrogens with zero attached hydrogens (tertiary/aromatic N) is 4. The average Bonchev–Trinajstić information content (AvgIpc) is 3.00. The lowest BCUT2D eigenvalue weighted by molar-refractivity contribution is -0.145. The van der Waals surface area contributed by atoms with Gasteiger partial charge < -0.3 is 10.4 Å². The summed E-state index contributed by atoms with van der Waals surface area (Å²) in [5, 5.41) is 22.5. The SMILES string of the molecule is CC(C(=O)O)C(C)C(=O)Nc1cccc(-n2cnnn2)c1. The summed E-state index contributed by atoms with van der Waals surface area (Å²) in [4.78, 5) is 22.9. The zero-order valence-corrected chi connectivity index (χ0v) is 11.6. The lowest BCUT2D eigenvalue weighted by Crippen LogP contribution is -2.29. The number of anilines is 1.